The van der Waals surface area contributed by atoms with Crippen molar-refractivity contribution in [2.24, 2.45) is 9.98 Å². The van der Waals surface area contributed by atoms with Crippen LogP contribution in [0.25, 0.3) is 71.3 Å². The normalized spacial score (nSPS) is 14.6. The van der Waals surface area contributed by atoms with Gasteiger partial charge < -0.3 is 14.7 Å². The van der Waals surface area contributed by atoms with Crippen LogP contribution in [-0.4, -0.2) is 16.4 Å². The lowest BCUT2D eigenvalue weighted by atomic mass is 10.0. The van der Waals surface area contributed by atoms with E-state index in [0.29, 0.717) is 11.8 Å². The van der Waals surface area contributed by atoms with E-state index in [1.54, 1.807) is 0 Å². The van der Waals surface area contributed by atoms with Crippen LogP contribution >= 0.6 is 0 Å². The number of benzene rings is 7. The molecule has 0 amide bonds. The third kappa shape index (κ3) is 4.63. The SMILES string of the molecule is c1ccc(-c2cccc(C3=NC(n4c5ccccc5c5ccc(-c6cccc7c6oc6ccccc67)cc54)=NC(c4ccccc4)[N-]3)c2)cc1. The van der Waals surface area contributed by atoms with Gasteiger partial charge in [0.1, 0.15) is 17.1 Å². The van der Waals surface area contributed by atoms with E-state index in [4.69, 9.17) is 19.7 Å². The van der Waals surface area contributed by atoms with Crippen LogP contribution < -0.4 is 0 Å². The summed E-state index contributed by atoms with van der Waals surface area (Å²) < 4.78 is 8.65. The lowest BCUT2D eigenvalue weighted by Gasteiger charge is -2.33. The Morgan fingerprint density at radius 1 is 0.500 bits per heavy atom. The molecule has 0 bridgehead atoms. The fourth-order valence-electron chi connectivity index (χ4n) is 7.22. The molecule has 5 nitrogen and oxygen atoms in total. The quantitative estimate of drug-likeness (QED) is 0.189. The summed E-state index contributed by atoms with van der Waals surface area (Å²) in [5.41, 5.74) is 10.1. The lowest BCUT2D eigenvalue weighted by molar-refractivity contribution is 0.670. The van der Waals surface area contributed by atoms with Crippen molar-refractivity contribution in [3.63, 3.8) is 0 Å². The number of aromatic nitrogens is 1. The van der Waals surface area contributed by atoms with E-state index < -0.39 is 6.17 Å². The van der Waals surface area contributed by atoms with Crippen LogP contribution in [0.3, 0.4) is 0 Å². The molecule has 1 unspecified atom stereocenters. The number of aliphatic imine (C=N–C) groups is 2. The van der Waals surface area contributed by atoms with E-state index in [1.165, 1.54) is 0 Å². The third-order valence-corrected chi connectivity index (χ3v) is 9.60. The first kappa shape index (κ1) is 28.3. The van der Waals surface area contributed by atoms with Gasteiger partial charge in [0.15, 0.2) is 0 Å². The summed E-state index contributed by atoms with van der Waals surface area (Å²) in [5, 5.41) is 9.63. The Labute approximate surface area is 288 Å². The zero-order valence-electron chi connectivity index (χ0n) is 26.9. The van der Waals surface area contributed by atoms with E-state index in [0.717, 1.165) is 77.1 Å². The molecule has 3 heterocycles. The van der Waals surface area contributed by atoms with Crippen molar-refractivity contribution in [3.8, 4) is 22.3 Å². The molecule has 0 aliphatic carbocycles. The molecule has 1 atom stereocenters. The third-order valence-electron chi connectivity index (χ3n) is 9.60. The Bertz CT molecular complexity index is 2790. The van der Waals surface area contributed by atoms with Gasteiger partial charge in [-0.2, -0.15) is 0 Å². The molecule has 9 aromatic rings. The van der Waals surface area contributed by atoms with Gasteiger partial charge in [-0.3, -0.25) is 9.56 Å². The number of hydrogen-bond donors (Lipinski definition) is 0. The zero-order valence-corrected chi connectivity index (χ0v) is 26.9. The minimum atomic E-state index is -0.456. The predicted molar refractivity (Wildman–Crippen MR) is 206 cm³/mol. The Hall–Kier alpha value is -6.72. The molecule has 0 fully saturated rings. The van der Waals surface area contributed by atoms with Gasteiger partial charge in [0.25, 0.3) is 0 Å². The Morgan fingerprint density at radius 2 is 1.18 bits per heavy atom. The standard InChI is InChI=1S/C45H29N4O/c1-3-13-29(14-4-1)31-17-11-18-33(27-31)44-46-43(30-15-5-2-6-16-30)47-45(48-44)49-39-23-9-7-19-35(39)36-26-25-32(28-40(36)49)34-21-12-22-38-37-20-8-10-24-41(37)50-42(34)38/h1-28,43H/q-1. The Balaban J connectivity index is 1.19. The van der Waals surface area contributed by atoms with Crippen LogP contribution in [0.2, 0.25) is 0 Å². The van der Waals surface area contributed by atoms with Gasteiger partial charge in [-0.25, -0.2) is 0 Å². The summed E-state index contributed by atoms with van der Waals surface area (Å²) in [7, 11) is 0. The summed E-state index contributed by atoms with van der Waals surface area (Å²) >= 11 is 0. The van der Waals surface area contributed by atoms with Crippen molar-refractivity contribution in [2.75, 3.05) is 0 Å². The van der Waals surface area contributed by atoms with Crippen molar-refractivity contribution >= 4 is 55.5 Å². The number of rotatable bonds is 4. The predicted octanol–water partition coefficient (Wildman–Crippen LogP) is 11.8. The topological polar surface area (TPSA) is 56.9 Å². The van der Waals surface area contributed by atoms with E-state index in [9.17, 15) is 0 Å². The average molecular weight is 642 g/mol. The molecule has 7 aromatic carbocycles. The van der Waals surface area contributed by atoms with Crippen molar-refractivity contribution in [3.05, 3.63) is 186 Å². The smallest absolute Gasteiger partial charge is 0.143 e. The lowest BCUT2D eigenvalue weighted by Crippen LogP contribution is -2.20. The number of para-hydroxylation sites is 3. The maximum Gasteiger partial charge on any atom is 0.143 e. The maximum absolute atomic E-state index is 6.46. The molecule has 10 rings (SSSR count). The van der Waals surface area contributed by atoms with Gasteiger partial charge in [0, 0.05) is 27.1 Å². The summed E-state index contributed by atoms with van der Waals surface area (Å²) in [6, 6.07) is 58.8. The molecule has 0 N–H and O–H groups in total. The number of amidine groups is 1. The minimum Gasteiger partial charge on any atom is -0.455 e. The second-order valence-corrected chi connectivity index (χ2v) is 12.6. The molecule has 2 aromatic heterocycles. The van der Waals surface area contributed by atoms with Gasteiger partial charge in [0.05, 0.1) is 17.2 Å². The summed E-state index contributed by atoms with van der Waals surface area (Å²) in [4.78, 5) is 10.5. The highest BCUT2D eigenvalue weighted by atomic mass is 16.3. The number of fused-ring (bicyclic) bond motifs is 6. The highest BCUT2D eigenvalue weighted by Crippen LogP contribution is 2.39. The van der Waals surface area contributed by atoms with Gasteiger partial charge in [0.2, 0.25) is 0 Å². The first-order chi connectivity index (χ1) is 24.8. The van der Waals surface area contributed by atoms with Crippen LogP contribution in [0.15, 0.2) is 184 Å². The fraction of sp³-hybridized carbons (Fsp3) is 0.0222. The van der Waals surface area contributed by atoms with E-state index in [-0.39, 0.29) is 0 Å². The second-order valence-electron chi connectivity index (χ2n) is 12.6. The molecular formula is C45H29N4O-. The fourth-order valence-corrected chi connectivity index (χ4v) is 7.22. The molecule has 50 heavy (non-hydrogen) atoms. The van der Waals surface area contributed by atoms with Crippen LogP contribution in [0, 0.1) is 0 Å². The average Bonchev–Trinajstić information content (AvgIpc) is 3.74. The summed E-state index contributed by atoms with van der Waals surface area (Å²) in [6.45, 7) is 0. The molecule has 5 heteroatoms. The van der Waals surface area contributed by atoms with Gasteiger partial charge in [-0.15, -0.1) is 0 Å². The van der Waals surface area contributed by atoms with Gasteiger partial charge in [-0.05, 0) is 52.1 Å². The highest BCUT2D eigenvalue weighted by Gasteiger charge is 2.19. The van der Waals surface area contributed by atoms with Crippen molar-refractivity contribution in [2.45, 2.75) is 6.17 Å². The highest BCUT2D eigenvalue weighted by molar-refractivity contribution is 6.20. The molecular weight excluding hydrogens is 613 g/mol. The van der Waals surface area contributed by atoms with Crippen LogP contribution in [0.5, 0.6) is 0 Å². The zero-order chi connectivity index (χ0) is 33.0. The van der Waals surface area contributed by atoms with Gasteiger partial charge >= 0.3 is 0 Å². The van der Waals surface area contributed by atoms with E-state index >= 15 is 0 Å². The maximum atomic E-state index is 6.46. The Kier molecular flexibility index (Phi) is 6.49. The molecule has 0 spiro atoms. The number of furan rings is 1. The Morgan fingerprint density at radius 3 is 2.06 bits per heavy atom. The van der Waals surface area contributed by atoms with Crippen molar-refractivity contribution in [1.29, 1.82) is 0 Å². The van der Waals surface area contributed by atoms with Crippen molar-refractivity contribution < 1.29 is 4.42 Å². The second kappa shape index (κ2) is 11.5. The first-order valence-electron chi connectivity index (χ1n) is 16.8. The minimum absolute atomic E-state index is 0.456. The first-order valence-corrected chi connectivity index (χ1v) is 16.8. The van der Waals surface area contributed by atoms with E-state index in [1.807, 2.05) is 36.4 Å². The summed E-state index contributed by atoms with van der Waals surface area (Å²) in [5.74, 6) is 1.25. The molecule has 1 aliphatic heterocycles. The largest absolute Gasteiger partial charge is 0.455 e. The van der Waals surface area contributed by atoms with Crippen LogP contribution in [-0.2, 0) is 0 Å². The van der Waals surface area contributed by atoms with Crippen molar-refractivity contribution in [1.82, 2.24) is 4.57 Å². The summed E-state index contributed by atoms with van der Waals surface area (Å²) in [6.07, 6.45) is -0.456. The number of hydrogen-bond acceptors (Lipinski definition) is 3. The van der Waals surface area contributed by atoms with Crippen LogP contribution in [0.1, 0.15) is 17.3 Å². The molecule has 1 aliphatic rings. The molecule has 236 valence electrons. The number of nitrogens with zero attached hydrogens (tertiary/aromatic N) is 4. The van der Waals surface area contributed by atoms with Gasteiger partial charge in [-0.1, -0.05) is 151 Å². The van der Waals surface area contributed by atoms with Crippen LogP contribution in [0.4, 0.5) is 0 Å². The van der Waals surface area contributed by atoms with E-state index in [2.05, 4.69) is 138 Å². The molecule has 0 saturated heterocycles. The molecule has 0 saturated carbocycles. The monoisotopic (exact) mass is 641 g/mol. The molecule has 0 radical (unpaired) electrons.